The van der Waals surface area contributed by atoms with E-state index in [4.69, 9.17) is 4.99 Å². The topological polar surface area (TPSA) is 37.6 Å². The Kier molecular flexibility index (Phi) is 7.89. The lowest BCUT2D eigenvalue weighted by atomic mass is 9.97. The van der Waals surface area contributed by atoms with Crippen LogP contribution in [0.3, 0.4) is 0 Å². The van der Waals surface area contributed by atoms with Gasteiger partial charge in [-0.05, 0) is 80.9 Å². The van der Waals surface area contributed by atoms with Gasteiger partial charge < -0.3 is 0 Å². The SMILES string of the molecule is C=N/C(=C\C(=NCc1cccc2ccccc12)c1cccc(-c2ccc3ccccc3c2)c1)c1cccc(-c2cccnc2)c1. The number of nitrogens with zero attached hydrogens (tertiary/aromatic N) is 3. The molecule has 0 fully saturated rings. The summed E-state index contributed by atoms with van der Waals surface area (Å²) in [5.74, 6) is 0. The molecule has 0 radical (unpaired) electrons. The Balaban J connectivity index is 1.33. The second-order valence-electron chi connectivity index (χ2n) is 11.0. The molecule has 0 bridgehead atoms. The van der Waals surface area contributed by atoms with Crippen LogP contribution < -0.4 is 0 Å². The molecule has 0 spiro atoms. The van der Waals surface area contributed by atoms with Crippen LogP contribution in [0.2, 0.25) is 0 Å². The van der Waals surface area contributed by atoms with Crippen LogP contribution >= 0.6 is 0 Å². The molecule has 0 atom stereocenters. The van der Waals surface area contributed by atoms with Crippen LogP contribution in [0.15, 0.2) is 174 Å². The zero-order chi connectivity index (χ0) is 30.4. The fourth-order valence-corrected chi connectivity index (χ4v) is 5.79. The van der Waals surface area contributed by atoms with Gasteiger partial charge in [0.2, 0.25) is 0 Å². The van der Waals surface area contributed by atoms with Gasteiger partial charge in [-0.3, -0.25) is 15.0 Å². The highest BCUT2D eigenvalue weighted by Crippen LogP contribution is 2.28. The van der Waals surface area contributed by atoms with Crippen LogP contribution in [0.5, 0.6) is 0 Å². The van der Waals surface area contributed by atoms with Gasteiger partial charge >= 0.3 is 0 Å². The predicted octanol–water partition coefficient (Wildman–Crippen LogP) is 10.5. The highest BCUT2D eigenvalue weighted by molar-refractivity contribution is 6.13. The number of rotatable bonds is 8. The maximum Gasteiger partial charge on any atom is 0.0716 e. The number of aromatic nitrogens is 1. The van der Waals surface area contributed by atoms with Crippen molar-refractivity contribution in [2.45, 2.75) is 6.54 Å². The summed E-state index contributed by atoms with van der Waals surface area (Å²) in [6.45, 7) is 4.49. The molecule has 3 nitrogen and oxygen atoms in total. The summed E-state index contributed by atoms with van der Waals surface area (Å²) in [5, 5.41) is 4.87. The van der Waals surface area contributed by atoms with Crippen molar-refractivity contribution in [3.8, 4) is 22.3 Å². The average molecular weight is 578 g/mol. The number of pyridine rings is 1. The van der Waals surface area contributed by atoms with Gasteiger partial charge in [-0.1, -0.05) is 121 Å². The van der Waals surface area contributed by atoms with E-state index in [-0.39, 0.29) is 0 Å². The third-order valence-corrected chi connectivity index (χ3v) is 8.14. The molecule has 6 aromatic carbocycles. The van der Waals surface area contributed by atoms with Gasteiger partial charge in [-0.15, -0.1) is 0 Å². The summed E-state index contributed by atoms with van der Waals surface area (Å²) < 4.78 is 0. The van der Waals surface area contributed by atoms with E-state index < -0.39 is 0 Å². The van der Waals surface area contributed by atoms with Crippen molar-refractivity contribution < 1.29 is 0 Å². The monoisotopic (exact) mass is 577 g/mol. The lowest BCUT2D eigenvalue weighted by Crippen LogP contribution is -2.01. The van der Waals surface area contributed by atoms with Crippen LogP contribution in [-0.4, -0.2) is 17.4 Å². The van der Waals surface area contributed by atoms with Gasteiger partial charge in [-0.25, -0.2) is 0 Å². The largest absolute Gasteiger partial charge is 0.280 e. The molecule has 1 heterocycles. The zero-order valence-corrected chi connectivity index (χ0v) is 24.8. The first-order valence-corrected chi connectivity index (χ1v) is 15.1. The molecular formula is C42H31N3. The quantitative estimate of drug-likeness (QED) is 0.166. The van der Waals surface area contributed by atoms with E-state index in [1.165, 1.54) is 32.7 Å². The first-order valence-electron chi connectivity index (χ1n) is 15.1. The van der Waals surface area contributed by atoms with E-state index in [2.05, 4.69) is 156 Å². The number of fused-ring (bicyclic) bond motifs is 2. The normalized spacial score (nSPS) is 12.0. The molecule has 1 aromatic heterocycles. The van der Waals surface area contributed by atoms with E-state index in [0.29, 0.717) is 6.54 Å². The second kappa shape index (κ2) is 12.7. The van der Waals surface area contributed by atoms with Crippen molar-refractivity contribution in [1.29, 1.82) is 0 Å². The summed E-state index contributed by atoms with van der Waals surface area (Å²) in [7, 11) is 0. The Morgan fingerprint density at radius 2 is 1.24 bits per heavy atom. The van der Waals surface area contributed by atoms with Crippen LogP contribution in [0.25, 0.3) is 49.5 Å². The standard InChI is InChI=1S/C42H31N3/c1-43-41(36-16-8-15-34(26-36)38-19-9-23-44-28-38)27-42(45-29-39-18-6-13-31-11-4-5-20-40(31)39)37-17-7-14-33(25-37)35-22-21-30-10-2-3-12-32(30)24-35/h2-28H,1,29H2/b41-27-,45-42?. The smallest absolute Gasteiger partial charge is 0.0716 e. The summed E-state index contributed by atoms with van der Waals surface area (Å²) >= 11 is 0. The molecule has 0 aliphatic carbocycles. The van der Waals surface area contributed by atoms with E-state index in [0.717, 1.165) is 39.2 Å². The third-order valence-electron chi connectivity index (χ3n) is 8.14. The Labute approximate surface area is 263 Å². The van der Waals surface area contributed by atoms with Crippen LogP contribution in [0, 0.1) is 0 Å². The number of hydrogen-bond donors (Lipinski definition) is 0. The number of benzene rings is 6. The van der Waals surface area contributed by atoms with Crippen molar-refractivity contribution in [3.63, 3.8) is 0 Å². The maximum absolute atomic E-state index is 5.24. The Morgan fingerprint density at radius 3 is 2.07 bits per heavy atom. The van der Waals surface area contributed by atoms with Crippen molar-refractivity contribution in [1.82, 2.24) is 4.98 Å². The van der Waals surface area contributed by atoms with E-state index in [1.807, 2.05) is 18.3 Å². The van der Waals surface area contributed by atoms with E-state index in [1.54, 1.807) is 6.20 Å². The minimum atomic E-state index is 0.535. The van der Waals surface area contributed by atoms with Gasteiger partial charge in [0.15, 0.2) is 0 Å². The molecule has 0 amide bonds. The lowest BCUT2D eigenvalue weighted by Gasteiger charge is -2.11. The predicted molar refractivity (Wildman–Crippen MR) is 191 cm³/mol. The van der Waals surface area contributed by atoms with Crippen molar-refractivity contribution >= 4 is 39.7 Å². The molecule has 0 saturated heterocycles. The van der Waals surface area contributed by atoms with Crippen LogP contribution in [0.1, 0.15) is 16.7 Å². The van der Waals surface area contributed by atoms with Gasteiger partial charge in [-0.2, -0.15) is 0 Å². The molecule has 0 aliphatic rings. The summed E-state index contributed by atoms with van der Waals surface area (Å²) in [4.78, 5) is 14.0. The summed E-state index contributed by atoms with van der Waals surface area (Å²) in [5.41, 5.74) is 9.19. The Morgan fingerprint density at radius 1 is 0.578 bits per heavy atom. The Bertz CT molecular complexity index is 2200. The van der Waals surface area contributed by atoms with Crippen LogP contribution in [-0.2, 0) is 6.54 Å². The van der Waals surface area contributed by atoms with Crippen molar-refractivity contribution in [3.05, 3.63) is 181 Å². The molecule has 214 valence electrons. The van der Waals surface area contributed by atoms with Gasteiger partial charge in [0.1, 0.15) is 0 Å². The molecule has 7 rings (SSSR count). The molecule has 3 heteroatoms. The molecule has 0 aliphatic heterocycles. The minimum Gasteiger partial charge on any atom is -0.280 e. The van der Waals surface area contributed by atoms with Gasteiger partial charge in [0.05, 0.1) is 18.0 Å². The third kappa shape index (κ3) is 6.11. The number of aliphatic imine (C=N–C) groups is 2. The molecule has 7 aromatic rings. The second-order valence-corrected chi connectivity index (χ2v) is 11.0. The average Bonchev–Trinajstić information content (AvgIpc) is 3.12. The zero-order valence-electron chi connectivity index (χ0n) is 24.8. The first-order chi connectivity index (χ1) is 22.2. The number of hydrogen-bond acceptors (Lipinski definition) is 3. The fraction of sp³-hybridized carbons (Fsp3) is 0.0238. The molecule has 45 heavy (non-hydrogen) atoms. The molecular weight excluding hydrogens is 546 g/mol. The van der Waals surface area contributed by atoms with Crippen LogP contribution in [0.4, 0.5) is 0 Å². The Hall–Kier alpha value is -5.93. The fourth-order valence-electron chi connectivity index (χ4n) is 5.79. The minimum absolute atomic E-state index is 0.535. The molecule has 0 unspecified atom stereocenters. The highest BCUT2D eigenvalue weighted by Gasteiger charge is 2.10. The van der Waals surface area contributed by atoms with Gasteiger partial charge in [0, 0.05) is 29.1 Å². The van der Waals surface area contributed by atoms with Gasteiger partial charge in [0.25, 0.3) is 0 Å². The number of allylic oxidation sites excluding steroid dienone is 1. The maximum atomic E-state index is 5.24. The molecule has 0 N–H and O–H groups in total. The van der Waals surface area contributed by atoms with Crippen molar-refractivity contribution in [2.75, 3.05) is 0 Å². The highest BCUT2D eigenvalue weighted by atomic mass is 14.8. The first kappa shape index (κ1) is 27.9. The summed E-state index contributed by atoms with van der Waals surface area (Å²) in [6.07, 6.45) is 5.72. The summed E-state index contributed by atoms with van der Waals surface area (Å²) in [6, 6.07) is 50.9. The van der Waals surface area contributed by atoms with Crippen molar-refractivity contribution in [2.24, 2.45) is 9.98 Å². The lowest BCUT2D eigenvalue weighted by molar-refractivity contribution is 1.08. The van der Waals surface area contributed by atoms with E-state index >= 15 is 0 Å². The molecule has 0 saturated carbocycles. The van der Waals surface area contributed by atoms with E-state index in [9.17, 15) is 0 Å².